The maximum Gasteiger partial charge on any atom is 0.341 e. The van der Waals surface area contributed by atoms with Crippen LogP contribution in [-0.4, -0.2) is 40.5 Å². The number of ether oxygens (including phenoxy) is 1. The number of hydrogen-bond donors (Lipinski definition) is 1. The number of nitrogens with zero attached hydrogens (tertiary/aromatic N) is 3. The summed E-state index contributed by atoms with van der Waals surface area (Å²) in [5, 5.41) is 1.12. The van der Waals surface area contributed by atoms with Crippen LogP contribution in [0, 0.1) is 0 Å². The lowest BCUT2D eigenvalue weighted by molar-refractivity contribution is -0.125. The molecular weight excluding hydrogens is 356 g/mol. The molecule has 0 saturated carbocycles. The number of aromatic nitrogens is 2. The fourth-order valence-corrected chi connectivity index (χ4v) is 3.04. The fourth-order valence-electron chi connectivity index (χ4n) is 3.04. The van der Waals surface area contributed by atoms with E-state index in [0.717, 1.165) is 16.5 Å². The average Bonchev–Trinajstić information content (AvgIpc) is 3.02. The van der Waals surface area contributed by atoms with Gasteiger partial charge in [0.1, 0.15) is 11.4 Å². The molecule has 0 radical (unpaired) electrons. The van der Waals surface area contributed by atoms with Gasteiger partial charge >= 0.3 is 5.97 Å². The first-order chi connectivity index (χ1) is 13.4. The van der Waals surface area contributed by atoms with E-state index in [4.69, 9.17) is 5.73 Å². The van der Waals surface area contributed by atoms with Gasteiger partial charge in [0.25, 0.3) is 0 Å². The van der Waals surface area contributed by atoms with E-state index < -0.39 is 5.97 Å². The van der Waals surface area contributed by atoms with Crippen molar-refractivity contribution in [2.45, 2.75) is 6.54 Å². The van der Waals surface area contributed by atoms with Crippen molar-refractivity contribution in [1.82, 2.24) is 14.5 Å². The number of likely N-dealkylation sites (N-methyl/N-ethyl adjacent to an activating group) is 1. The molecule has 3 rings (SSSR count). The molecule has 0 atom stereocenters. The van der Waals surface area contributed by atoms with Crippen molar-refractivity contribution in [3.05, 3.63) is 65.5 Å². The zero-order valence-electron chi connectivity index (χ0n) is 16.0. The number of carbonyl (C=O) groups is 2. The van der Waals surface area contributed by atoms with Gasteiger partial charge in [-0.1, -0.05) is 18.2 Å². The number of esters is 1. The van der Waals surface area contributed by atoms with E-state index in [-0.39, 0.29) is 17.3 Å². The van der Waals surface area contributed by atoms with Crippen LogP contribution in [0.3, 0.4) is 0 Å². The Balaban J connectivity index is 1.74. The number of amides is 1. The average molecular weight is 378 g/mol. The molecule has 2 N–H and O–H groups in total. The first-order valence-electron chi connectivity index (χ1n) is 8.70. The minimum absolute atomic E-state index is 0.0865. The summed E-state index contributed by atoms with van der Waals surface area (Å²) < 4.78 is 6.73. The fraction of sp³-hybridized carbons (Fsp3) is 0.190. The lowest BCUT2D eigenvalue weighted by atomic mass is 10.1. The standard InChI is InChI=1S/C21H22N4O3/c1-24-12-15(16-6-4-5-7-18(16)24)13-25(2)19(26)9-8-14-10-17(21(27)28-3)20(22)23-11-14/h4-12H,13H2,1-3H3,(H2,22,23)/b9-8+. The van der Waals surface area contributed by atoms with Crippen LogP contribution >= 0.6 is 0 Å². The summed E-state index contributed by atoms with van der Waals surface area (Å²) in [6.07, 6.45) is 6.57. The largest absolute Gasteiger partial charge is 0.465 e. The van der Waals surface area contributed by atoms with Gasteiger partial charge in [-0.05, 0) is 29.3 Å². The summed E-state index contributed by atoms with van der Waals surface area (Å²) in [6, 6.07) is 9.62. The number of hydrogen-bond acceptors (Lipinski definition) is 5. The first-order valence-corrected chi connectivity index (χ1v) is 8.70. The van der Waals surface area contributed by atoms with E-state index in [9.17, 15) is 9.59 Å². The van der Waals surface area contributed by atoms with E-state index in [1.54, 1.807) is 24.1 Å². The lowest BCUT2D eigenvalue weighted by Gasteiger charge is -2.14. The molecule has 0 saturated heterocycles. The van der Waals surface area contributed by atoms with Crippen LogP contribution in [0.2, 0.25) is 0 Å². The SMILES string of the molecule is COC(=O)c1cc(/C=C/C(=O)N(C)Cc2cn(C)c3ccccc23)cnc1N. The summed E-state index contributed by atoms with van der Waals surface area (Å²) in [4.78, 5) is 29.8. The van der Waals surface area contributed by atoms with E-state index in [0.29, 0.717) is 12.1 Å². The van der Waals surface area contributed by atoms with Crippen LogP contribution < -0.4 is 5.73 Å². The van der Waals surface area contributed by atoms with Crippen LogP contribution in [0.25, 0.3) is 17.0 Å². The third-order valence-corrected chi connectivity index (χ3v) is 4.53. The quantitative estimate of drug-likeness (QED) is 0.544. The number of nitrogens with two attached hydrogens (primary N) is 1. The minimum Gasteiger partial charge on any atom is -0.465 e. The second-order valence-corrected chi connectivity index (χ2v) is 6.50. The molecule has 0 bridgehead atoms. The molecule has 7 nitrogen and oxygen atoms in total. The predicted molar refractivity (Wildman–Crippen MR) is 108 cm³/mol. The monoisotopic (exact) mass is 378 g/mol. The number of para-hydroxylation sites is 1. The van der Waals surface area contributed by atoms with Crippen LogP contribution in [-0.2, 0) is 23.1 Å². The highest BCUT2D eigenvalue weighted by Crippen LogP contribution is 2.21. The Morgan fingerprint density at radius 2 is 2.07 bits per heavy atom. The lowest BCUT2D eigenvalue weighted by Crippen LogP contribution is -2.24. The maximum atomic E-state index is 12.5. The van der Waals surface area contributed by atoms with Gasteiger partial charge in [0, 0.05) is 50.0 Å². The van der Waals surface area contributed by atoms with Gasteiger partial charge < -0.3 is 19.9 Å². The normalized spacial score (nSPS) is 11.1. The molecule has 1 aromatic carbocycles. The van der Waals surface area contributed by atoms with Crippen molar-refractivity contribution >= 4 is 34.7 Å². The van der Waals surface area contributed by atoms with Crippen molar-refractivity contribution in [2.75, 3.05) is 19.9 Å². The number of fused-ring (bicyclic) bond motifs is 1. The van der Waals surface area contributed by atoms with Crippen molar-refractivity contribution in [3.8, 4) is 0 Å². The number of methoxy groups -OCH3 is 1. The Morgan fingerprint density at radius 1 is 1.32 bits per heavy atom. The van der Waals surface area contributed by atoms with Crippen LogP contribution in [0.5, 0.6) is 0 Å². The van der Waals surface area contributed by atoms with Crippen molar-refractivity contribution in [1.29, 1.82) is 0 Å². The number of carbonyl (C=O) groups excluding carboxylic acids is 2. The van der Waals surface area contributed by atoms with Crippen LogP contribution in [0.15, 0.2) is 48.8 Å². The topological polar surface area (TPSA) is 90.5 Å². The van der Waals surface area contributed by atoms with E-state index in [1.807, 2.05) is 42.1 Å². The summed E-state index contributed by atoms with van der Waals surface area (Å²) in [7, 11) is 5.01. The van der Waals surface area contributed by atoms with Gasteiger partial charge in [0.2, 0.25) is 5.91 Å². The molecule has 2 heterocycles. The molecule has 2 aromatic heterocycles. The van der Waals surface area contributed by atoms with Crippen LogP contribution in [0.1, 0.15) is 21.5 Å². The van der Waals surface area contributed by atoms with Gasteiger partial charge in [-0.2, -0.15) is 0 Å². The van der Waals surface area contributed by atoms with E-state index >= 15 is 0 Å². The summed E-state index contributed by atoms with van der Waals surface area (Å²) in [6.45, 7) is 0.484. The molecule has 0 aliphatic heterocycles. The highest BCUT2D eigenvalue weighted by Gasteiger charge is 2.13. The first kappa shape index (κ1) is 19.2. The van der Waals surface area contributed by atoms with Crippen LogP contribution in [0.4, 0.5) is 5.82 Å². The van der Waals surface area contributed by atoms with Gasteiger partial charge in [0.15, 0.2) is 0 Å². The molecule has 0 fully saturated rings. The van der Waals surface area contributed by atoms with E-state index in [2.05, 4.69) is 9.72 Å². The molecule has 0 aliphatic carbocycles. The maximum absolute atomic E-state index is 12.5. The summed E-state index contributed by atoms with van der Waals surface area (Å²) in [5.74, 6) is -0.646. The molecule has 0 spiro atoms. The van der Waals surface area contributed by atoms with Gasteiger partial charge in [-0.15, -0.1) is 0 Å². The summed E-state index contributed by atoms with van der Waals surface area (Å²) >= 11 is 0. The number of nitrogen functional groups attached to an aromatic ring is 1. The molecule has 7 heteroatoms. The third-order valence-electron chi connectivity index (χ3n) is 4.53. The highest BCUT2D eigenvalue weighted by atomic mass is 16.5. The molecule has 0 unspecified atom stereocenters. The molecule has 144 valence electrons. The Morgan fingerprint density at radius 3 is 2.82 bits per heavy atom. The smallest absolute Gasteiger partial charge is 0.341 e. The molecular formula is C21H22N4O3. The zero-order valence-corrected chi connectivity index (χ0v) is 16.0. The number of pyridine rings is 1. The number of anilines is 1. The second kappa shape index (κ2) is 7.96. The Bertz CT molecular complexity index is 1070. The summed E-state index contributed by atoms with van der Waals surface area (Å²) in [5.41, 5.74) is 8.64. The highest BCUT2D eigenvalue weighted by molar-refractivity contribution is 5.96. The Hall–Kier alpha value is -3.61. The molecule has 3 aromatic rings. The minimum atomic E-state index is -0.570. The number of aryl methyl sites for hydroxylation is 1. The zero-order chi connectivity index (χ0) is 20.3. The van der Waals surface area contributed by atoms with Crippen molar-refractivity contribution < 1.29 is 14.3 Å². The van der Waals surface area contributed by atoms with Crippen molar-refractivity contribution in [2.24, 2.45) is 7.05 Å². The van der Waals surface area contributed by atoms with Crippen molar-refractivity contribution in [3.63, 3.8) is 0 Å². The van der Waals surface area contributed by atoms with E-state index in [1.165, 1.54) is 19.4 Å². The van der Waals surface area contributed by atoms with Gasteiger partial charge in [0.05, 0.1) is 7.11 Å². The molecule has 28 heavy (non-hydrogen) atoms. The number of rotatable bonds is 5. The molecule has 0 aliphatic rings. The van der Waals surface area contributed by atoms with Gasteiger partial charge in [-0.3, -0.25) is 4.79 Å². The third kappa shape index (κ3) is 3.88. The number of benzene rings is 1. The second-order valence-electron chi connectivity index (χ2n) is 6.50. The van der Waals surface area contributed by atoms with Gasteiger partial charge in [-0.25, -0.2) is 9.78 Å². The predicted octanol–water partition coefficient (Wildman–Crippen LogP) is 2.61. The Labute approximate surface area is 163 Å². The Kier molecular flexibility index (Phi) is 5.44. The molecule has 1 amide bonds.